The fourth-order valence-corrected chi connectivity index (χ4v) is 2.54. The van der Waals surface area contributed by atoms with E-state index in [0.29, 0.717) is 5.56 Å². The molecule has 0 saturated heterocycles. The Morgan fingerprint density at radius 1 is 1.24 bits per heavy atom. The van der Waals surface area contributed by atoms with E-state index >= 15 is 0 Å². The van der Waals surface area contributed by atoms with E-state index in [9.17, 15) is 10.1 Å². The van der Waals surface area contributed by atoms with E-state index < -0.39 is 0 Å². The van der Waals surface area contributed by atoms with Crippen LogP contribution in [-0.2, 0) is 0 Å². The van der Waals surface area contributed by atoms with Crippen LogP contribution in [0.5, 0.6) is 0 Å². The topological polar surface area (TPSA) is 55.2 Å². The Hall–Kier alpha value is -1.88. The molecule has 2 aromatic rings. The Kier molecular flexibility index (Phi) is 4.63. The zero-order valence-corrected chi connectivity index (χ0v) is 13.8. The van der Waals surface area contributed by atoms with Crippen LogP contribution in [0.4, 0.5) is 11.4 Å². The molecule has 1 unspecified atom stereocenters. The van der Waals surface area contributed by atoms with Gasteiger partial charge in [-0.25, -0.2) is 0 Å². The fraction of sp³-hybridized carbons (Fsp3) is 0.250. The molecule has 0 bridgehead atoms. The zero-order valence-electron chi connectivity index (χ0n) is 12.2. The third-order valence-electron chi connectivity index (χ3n) is 3.57. The Morgan fingerprint density at radius 2 is 1.95 bits per heavy atom. The lowest BCUT2D eigenvalue weighted by molar-refractivity contribution is -0.385. The first-order valence-electron chi connectivity index (χ1n) is 6.66. The average molecular weight is 349 g/mol. The number of nitrogens with zero attached hydrogens (tertiary/aromatic N) is 1. The summed E-state index contributed by atoms with van der Waals surface area (Å²) >= 11 is 3.50. The normalized spacial score (nSPS) is 12.0. The number of aryl methyl sites for hydroxylation is 1. The first-order chi connectivity index (χ1) is 9.90. The number of hydrogen-bond acceptors (Lipinski definition) is 3. The fourth-order valence-electron chi connectivity index (χ4n) is 2.17. The van der Waals surface area contributed by atoms with E-state index in [1.807, 2.05) is 38.1 Å². The van der Waals surface area contributed by atoms with Crippen LogP contribution in [0.2, 0.25) is 0 Å². The summed E-state index contributed by atoms with van der Waals surface area (Å²) in [6.07, 6.45) is 0. The molecule has 0 saturated carbocycles. The van der Waals surface area contributed by atoms with Gasteiger partial charge in [-0.3, -0.25) is 10.1 Å². The number of nitro groups is 1. The quantitative estimate of drug-likeness (QED) is 0.614. The van der Waals surface area contributed by atoms with Crippen molar-refractivity contribution >= 4 is 27.3 Å². The molecule has 2 aromatic carbocycles. The Labute approximate surface area is 132 Å². The predicted molar refractivity (Wildman–Crippen MR) is 88.8 cm³/mol. The largest absolute Gasteiger partial charge is 0.378 e. The molecular weight excluding hydrogens is 332 g/mol. The number of halogens is 1. The van der Waals surface area contributed by atoms with E-state index in [1.165, 1.54) is 0 Å². The van der Waals surface area contributed by atoms with Gasteiger partial charge in [0.15, 0.2) is 0 Å². The van der Waals surface area contributed by atoms with E-state index in [1.54, 1.807) is 19.1 Å². The van der Waals surface area contributed by atoms with Crippen LogP contribution in [0.15, 0.2) is 40.9 Å². The van der Waals surface area contributed by atoms with E-state index in [0.717, 1.165) is 21.3 Å². The van der Waals surface area contributed by atoms with Crippen molar-refractivity contribution in [2.24, 2.45) is 0 Å². The number of rotatable bonds is 4. The lowest BCUT2D eigenvalue weighted by Gasteiger charge is -2.18. The minimum absolute atomic E-state index is 0.0164. The SMILES string of the molecule is Cc1ccc(C(C)Nc2cccc(Br)c2C)cc1[N+](=O)[O-]. The highest BCUT2D eigenvalue weighted by Gasteiger charge is 2.15. The highest BCUT2D eigenvalue weighted by Crippen LogP contribution is 2.29. The molecule has 1 N–H and O–H groups in total. The van der Waals surface area contributed by atoms with E-state index in [4.69, 9.17) is 0 Å². The van der Waals surface area contributed by atoms with Gasteiger partial charge in [0, 0.05) is 27.8 Å². The maximum Gasteiger partial charge on any atom is 0.272 e. The first kappa shape index (κ1) is 15.5. The van der Waals surface area contributed by atoms with Gasteiger partial charge in [-0.15, -0.1) is 0 Å². The Morgan fingerprint density at radius 3 is 2.62 bits per heavy atom. The summed E-state index contributed by atoms with van der Waals surface area (Å²) in [5, 5.41) is 14.4. The third kappa shape index (κ3) is 3.42. The molecule has 110 valence electrons. The molecule has 1 atom stereocenters. The van der Waals surface area contributed by atoms with E-state index in [-0.39, 0.29) is 16.7 Å². The molecule has 0 amide bonds. The summed E-state index contributed by atoms with van der Waals surface area (Å²) in [7, 11) is 0. The van der Waals surface area contributed by atoms with Crippen molar-refractivity contribution < 1.29 is 4.92 Å². The van der Waals surface area contributed by atoms with E-state index in [2.05, 4.69) is 21.2 Å². The molecule has 0 aliphatic heterocycles. The van der Waals surface area contributed by atoms with Gasteiger partial charge in [0.1, 0.15) is 0 Å². The minimum Gasteiger partial charge on any atom is -0.378 e. The molecule has 0 aromatic heterocycles. The van der Waals surface area contributed by atoms with Gasteiger partial charge in [0.2, 0.25) is 0 Å². The molecule has 0 heterocycles. The van der Waals surface area contributed by atoms with Crippen LogP contribution in [0.25, 0.3) is 0 Å². The lowest BCUT2D eigenvalue weighted by atomic mass is 10.0. The third-order valence-corrected chi connectivity index (χ3v) is 4.43. The zero-order chi connectivity index (χ0) is 15.6. The van der Waals surface area contributed by atoms with Gasteiger partial charge in [-0.05, 0) is 44.0 Å². The van der Waals surface area contributed by atoms with Crippen LogP contribution >= 0.6 is 15.9 Å². The molecule has 4 nitrogen and oxygen atoms in total. The summed E-state index contributed by atoms with van der Waals surface area (Å²) in [5.41, 5.74) is 3.86. The highest BCUT2D eigenvalue weighted by molar-refractivity contribution is 9.10. The molecule has 21 heavy (non-hydrogen) atoms. The molecule has 0 radical (unpaired) electrons. The van der Waals surface area contributed by atoms with Crippen LogP contribution in [0.3, 0.4) is 0 Å². The smallest absolute Gasteiger partial charge is 0.272 e. The van der Waals surface area contributed by atoms with Crippen molar-refractivity contribution in [3.63, 3.8) is 0 Å². The number of anilines is 1. The average Bonchev–Trinajstić information content (AvgIpc) is 2.44. The Balaban J connectivity index is 2.28. The maximum atomic E-state index is 11.0. The molecule has 0 aliphatic carbocycles. The van der Waals surface area contributed by atoms with Crippen molar-refractivity contribution in [1.29, 1.82) is 0 Å². The van der Waals surface area contributed by atoms with Crippen LogP contribution in [-0.4, -0.2) is 4.92 Å². The van der Waals surface area contributed by atoms with Crippen LogP contribution in [0.1, 0.15) is 29.7 Å². The van der Waals surface area contributed by atoms with Crippen molar-refractivity contribution in [2.75, 3.05) is 5.32 Å². The van der Waals surface area contributed by atoms with Gasteiger partial charge in [0.05, 0.1) is 4.92 Å². The van der Waals surface area contributed by atoms with Crippen LogP contribution < -0.4 is 5.32 Å². The molecule has 0 fully saturated rings. The molecule has 0 aliphatic rings. The van der Waals surface area contributed by atoms with Crippen molar-refractivity contribution in [3.8, 4) is 0 Å². The highest BCUT2D eigenvalue weighted by atomic mass is 79.9. The summed E-state index contributed by atoms with van der Waals surface area (Å²) in [6.45, 7) is 5.77. The van der Waals surface area contributed by atoms with Gasteiger partial charge >= 0.3 is 0 Å². The van der Waals surface area contributed by atoms with Gasteiger partial charge in [0.25, 0.3) is 5.69 Å². The van der Waals surface area contributed by atoms with Crippen molar-refractivity contribution in [1.82, 2.24) is 0 Å². The molecular formula is C16H17BrN2O2. The van der Waals surface area contributed by atoms with Gasteiger partial charge in [-0.1, -0.05) is 34.1 Å². The van der Waals surface area contributed by atoms with Crippen molar-refractivity contribution in [2.45, 2.75) is 26.8 Å². The summed E-state index contributed by atoms with van der Waals surface area (Å²) in [6, 6.07) is 11.3. The minimum atomic E-state index is -0.337. The number of nitrogens with one attached hydrogen (secondary N) is 1. The molecule has 2 rings (SSSR count). The molecule has 5 heteroatoms. The lowest BCUT2D eigenvalue weighted by Crippen LogP contribution is -2.08. The summed E-state index contributed by atoms with van der Waals surface area (Å²) in [4.78, 5) is 10.7. The first-order valence-corrected chi connectivity index (χ1v) is 7.46. The predicted octanol–water partition coefficient (Wildman–Crippen LogP) is 5.15. The second-order valence-corrected chi connectivity index (χ2v) is 5.94. The number of benzene rings is 2. The van der Waals surface area contributed by atoms with Crippen molar-refractivity contribution in [3.05, 3.63) is 67.7 Å². The number of nitro benzene ring substituents is 1. The summed E-state index contributed by atoms with van der Waals surface area (Å²) < 4.78 is 1.04. The van der Waals surface area contributed by atoms with Gasteiger partial charge in [-0.2, -0.15) is 0 Å². The second kappa shape index (κ2) is 6.26. The number of hydrogen-bond donors (Lipinski definition) is 1. The summed E-state index contributed by atoms with van der Waals surface area (Å²) in [5.74, 6) is 0. The van der Waals surface area contributed by atoms with Gasteiger partial charge < -0.3 is 5.32 Å². The molecule has 0 spiro atoms. The Bertz CT molecular complexity index is 686. The monoisotopic (exact) mass is 348 g/mol. The second-order valence-electron chi connectivity index (χ2n) is 5.08. The van der Waals surface area contributed by atoms with Crippen LogP contribution in [0, 0.1) is 24.0 Å². The maximum absolute atomic E-state index is 11.0. The standard InChI is InChI=1S/C16H17BrN2O2/c1-10-7-8-13(9-16(10)19(20)21)12(3)18-15-6-4-5-14(17)11(15)2/h4-9,12,18H,1-3H3.